The number of hydrogen-bond donors (Lipinski definition) is 2. The van der Waals surface area contributed by atoms with Gasteiger partial charge in [0.15, 0.2) is 0 Å². The van der Waals surface area contributed by atoms with Crippen molar-refractivity contribution in [1.29, 1.82) is 0 Å². The molecule has 1 aromatic rings. The lowest BCUT2D eigenvalue weighted by molar-refractivity contribution is -0.142. The SMILES string of the molecule is COC(=O)CC[C@H](NC(=O)c1nc(Cl)ccc1Cl)C(=O)O. The molecule has 1 amide bonds. The first-order chi connectivity index (χ1) is 9.85. The lowest BCUT2D eigenvalue weighted by Gasteiger charge is -2.14. The number of hydrogen-bond acceptors (Lipinski definition) is 5. The van der Waals surface area contributed by atoms with Crippen molar-refractivity contribution < 1.29 is 24.2 Å². The van der Waals surface area contributed by atoms with Gasteiger partial charge in [-0.1, -0.05) is 23.2 Å². The molecule has 0 saturated heterocycles. The Morgan fingerprint density at radius 3 is 2.62 bits per heavy atom. The second-order valence-corrected chi connectivity index (χ2v) is 4.74. The lowest BCUT2D eigenvalue weighted by Crippen LogP contribution is -2.41. The van der Waals surface area contributed by atoms with Crippen LogP contribution in [-0.2, 0) is 14.3 Å². The quantitative estimate of drug-likeness (QED) is 0.603. The van der Waals surface area contributed by atoms with Crippen molar-refractivity contribution in [2.45, 2.75) is 18.9 Å². The predicted octanol–water partition coefficient (Wildman–Crippen LogP) is 1.52. The summed E-state index contributed by atoms with van der Waals surface area (Å²) in [5.74, 6) is -2.65. The minimum Gasteiger partial charge on any atom is -0.480 e. The summed E-state index contributed by atoms with van der Waals surface area (Å²) in [6.07, 6.45) is -0.267. The van der Waals surface area contributed by atoms with Gasteiger partial charge in [-0.3, -0.25) is 9.59 Å². The van der Waals surface area contributed by atoms with Crippen LogP contribution in [0.15, 0.2) is 12.1 Å². The Balaban J connectivity index is 2.79. The van der Waals surface area contributed by atoms with E-state index >= 15 is 0 Å². The van der Waals surface area contributed by atoms with Gasteiger partial charge < -0.3 is 15.2 Å². The number of nitrogens with one attached hydrogen (secondary N) is 1. The van der Waals surface area contributed by atoms with E-state index in [4.69, 9.17) is 28.3 Å². The maximum Gasteiger partial charge on any atom is 0.326 e. The molecule has 0 aliphatic carbocycles. The van der Waals surface area contributed by atoms with E-state index in [1.54, 1.807) is 0 Å². The first kappa shape index (κ1) is 17.2. The fourth-order valence-corrected chi connectivity index (χ4v) is 1.76. The number of pyridine rings is 1. The largest absolute Gasteiger partial charge is 0.480 e. The molecule has 1 rings (SSSR count). The number of ether oxygens (including phenoxy) is 1. The Hall–Kier alpha value is -1.86. The Morgan fingerprint density at radius 2 is 2.05 bits per heavy atom. The van der Waals surface area contributed by atoms with Crippen LogP contribution in [0.1, 0.15) is 23.3 Å². The number of rotatable bonds is 6. The van der Waals surface area contributed by atoms with Gasteiger partial charge in [-0.15, -0.1) is 0 Å². The number of carboxylic acid groups (broad SMARTS) is 1. The third-order valence-electron chi connectivity index (χ3n) is 2.50. The van der Waals surface area contributed by atoms with Gasteiger partial charge in [-0.2, -0.15) is 0 Å². The normalized spacial score (nSPS) is 11.6. The lowest BCUT2D eigenvalue weighted by atomic mass is 10.1. The average molecular weight is 335 g/mol. The Kier molecular flexibility index (Phi) is 6.39. The summed E-state index contributed by atoms with van der Waals surface area (Å²) in [6, 6.07) is 1.50. The zero-order valence-corrected chi connectivity index (χ0v) is 12.4. The summed E-state index contributed by atoms with van der Waals surface area (Å²) >= 11 is 11.5. The molecule has 1 atom stereocenters. The number of carbonyl (C=O) groups excluding carboxylic acids is 2. The molecule has 1 heterocycles. The zero-order chi connectivity index (χ0) is 16.0. The maximum atomic E-state index is 12.0. The van der Waals surface area contributed by atoms with E-state index in [9.17, 15) is 14.4 Å². The number of esters is 1. The zero-order valence-electron chi connectivity index (χ0n) is 10.9. The molecule has 21 heavy (non-hydrogen) atoms. The Bertz CT molecular complexity index is 565. The number of halogens is 2. The van der Waals surface area contributed by atoms with Gasteiger partial charge >= 0.3 is 11.9 Å². The van der Waals surface area contributed by atoms with Crippen molar-refractivity contribution in [2.75, 3.05) is 7.11 Å². The molecule has 0 aliphatic rings. The maximum absolute atomic E-state index is 12.0. The summed E-state index contributed by atoms with van der Waals surface area (Å²) in [4.78, 5) is 37.8. The Labute approximate surface area is 130 Å². The van der Waals surface area contributed by atoms with E-state index in [-0.39, 0.29) is 28.7 Å². The van der Waals surface area contributed by atoms with Gasteiger partial charge in [-0.05, 0) is 18.6 Å². The molecule has 1 aromatic heterocycles. The molecule has 114 valence electrons. The van der Waals surface area contributed by atoms with Crippen LogP contribution in [0, 0.1) is 0 Å². The van der Waals surface area contributed by atoms with Crippen LogP contribution >= 0.6 is 23.2 Å². The molecule has 7 nitrogen and oxygen atoms in total. The van der Waals surface area contributed by atoms with Crippen molar-refractivity contribution in [3.05, 3.63) is 28.0 Å². The topological polar surface area (TPSA) is 106 Å². The summed E-state index contributed by atoms with van der Waals surface area (Å²) < 4.78 is 4.41. The second kappa shape index (κ2) is 7.80. The smallest absolute Gasteiger partial charge is 0.326 e. The molecule has 0 radical (unpaired) electrons. The van der Waals surface area contributed by atoms with Crippen molar-refractivity contribution in [3.8, 4) is 0 Å². The summed E-state index contributed by atoms with van der Waals surface area (Å²) in [7, 11) is 1.19. The first-order valence-electron chi connectivity index (χ1n) is 5.77. The molecular weight excluding hydrogens is 323 g/mol. The molecule has 0 bridgehead atoms. The van der Waals surface area contributed by atoms with Gasteiger partial charge in [-0.25, -0.2) is 9.78 Å². The van der Waals surface area contributed by atoms with Crippen LogP contribution < -0.4 is 5.32 Å². The number of aliphatic carboxylic acids is 1. The van der Waals surface area contributed by atoms with Crippen LogP contribution in [0.25, 0.3) is 0 Å². The van der Waals surface area contributed by atoms with E-state index in [1.807, 2.05) is 0 Å². The molecule has 0 aromatic carbocycles. The van der Waals surface area contributed by atoms with Gasteiger partial charge in [0.05, 0.1) is 12.1 Å². The number of amides is 1. The van der Waals surface area contributed by atoms with Crippen LogP contribution in [-0.4, -0.2) is 41.1 Å². The molecule has 0 spiro atoms. The van der Waals surface area contributed by atoms with Crippen LogP contribution in [0.5, 0.6) is 0 Å². The molecule has 0 fully saturated rings. The first-order valence-corrected chi connectivity index (χ1v) is 6.53. The molecule has 9 heteroatoms. The summed E-state index contributed by atoms with van der Waals surface area (Å²) in [5.41, 5.74) is -0.187. The highest BCUT2D eigenvalue weighted by molar-refractivity contribution is 6.34. The number of carboxylic acids is 1. The fourth-order valence-electron chi connectivity index (χ4n) is 1.43. The highest BCUT2D eigenvalue weighted by Crippen LogP contribution is 2.17. The van der Waals surface area contributed by atoms with Crippen molar-refractivity contribution in [3.63, 3.8) is 0 Å². The number of methoxy groups -OCH3 is 1. The highest BCUT2D eigenvalue weighted by Gasteiger charge is 2.23. The standard InChI is InChI=1S/C12H12Cl2N2O5/c1-21-9(17)5-3-7(12(19)20)15-11(18)10-6(13)2-4-8(14)16-10/h2,4,7H,3,5H2,1H3,(H,15,18)(H,19,20)/t7-/m0/s1. The van der Waals surface area contributed by atoms with Crippen LogP contribution in [0.4, 0.5) is 0 Å². The van der Waals surface area contributed by atoms with E-state index in [0.717, 1.165) is 0 Å². The molecule has 0 unspecified atom stereocenters. The molecule has 0 saturated carbocycles. The third-order valence-corrected chi connectivity index (χ3v) is 3.01. The van der Waals surface area contributed by atoms with Crippen molar-refractivity contribution >= 4 is 41.0 Å². The number of aromatic nitrogens is 1. The third kappa shape index (κ3) is 5.20. The Morgan fingerprint density at radius 1 is 1.38 bits per heavy atom. The molecule has 0 aliphatic heterocycles. The molecular formula is C12H12Cl2N2O5. The number of nitrogens with zero attached hydrogens (tertiary/aromatic N) is 1. The van der Waals surface area contributed by atoms with Crippen LogP contribution in [0.2, 0.25) is 10.2 Å². The van der Waals surface area contributed by atoms with E-state index < -0.39 is 23.9 Å². The molecule has 2 N–H and O–H groups in total. The van der Waals surface area contributed by atoms with Crippen molar-refractivity contribution in [2.24, 2.45) is 0 Å². The van der Waals surface area contributed by atoms with E-state index in [0.29, 0.717) is 0 Å². The number of carbonyl (C=O) groups is 3. The summed E-state index contributed by atoms with van der Waals surface area (Å²) in [5, 5.41) is 11.3. The average Bonchev–Trinajstić information content (AvgIpc) is 2.44. The monoisotopic (exact) mass is 334 g/mol. The second-order valence-electron chi connectivity index (χ2n) is 3.94. The van der Waals surface area contributed by atoms with E-state index in [1.165, 1.54) is 19.2 Å². The van der Waals surface area contributed by atoms with Gasteiger partial charge in [0.2, 0.25) is 0 Å². The van der Waals surface area contributed by atoms with Gasteiger partial charge in [0, 0.05) is 6.42 Å². The predicted molar refractivity (Wildman–Crippen MR) is 74.4 cm³/mol. The fraction of sp³-hybridized carbons (Fsp3) is 0.333. The van der Waals surface area contributed by atoms with Gasteiger partial charge in [0.25, 0.3) is 5.91 Å². The van der Waals surface area contributed by atoms with Crippen molar-refractivity contribution in [1.82, 2.24) is 10.3 Å². The van der Waals surface area contributed by atoms with E-state index in [2.05, 4.69) is 15.0 Å². The van der Waals surface area contributed by atoms with Gasteiger partial charge in [0.1, 0.15) is 16.9 Å². The minimum absolute atomic E-state index is 0.0361. The van der Waals surface area contributed by atoms with Crippen LogP contribution in [0.3, 0.4) is 0 Å². The summed E-state index contributed by atoms with van der Waals surface area (Å²) in [6.45, 7) is 0. The highest BCUT2D eigenvalue weighted by atomic mass is 35.5. The minimum atomic E-state index is -1.29.